The Morgan fingerprint density at radius 1 is 1.08 bits per heavy atom. The van der Waals surface area contributed by atoms with E-state index in [0.29, 0.717) is 41.2 Å². The van der Waals surface area contributed by atoms with Crippen LogP contribution in [0.2, 0.25) is 0 Å². The number of fused-ring (bicyclic) bond motifs is 1. The number of amides is 1. The monoisotopic (exact) mass is 484 g/mol. The van der Waals surface area contributed by atoms with E-state index in [0.717, 1.165) is 11.4 Å². The van der Waals surface area contributed by atoms with E-state index in [2.05, 4.69) is 19.2 Å². The lowest BCUT2D eigenvalue weighted by atomic mass is 9.74. The first-order valence-corrected chi connectivity index (χ1v) is 12.1. The van der Waals surface area contributed by atoms with Crippen LogP contribution >= 0.6 is 0 Å². The van der Waals surface area contributed by atoms with Gasteiger partial charge >= 0.3 is 5.97 Å². The van der Waals surface area contributed by atoms with Gasteiger partial charge in [0.15, 0.2) is 5.78 Å². The lowest BCUT2D eigenvalue weighted by Crippen LogP contribution is -2.39. The van der Waals surface area contributed by atoms with Gasteiger partial charge in [-0.2, -0.15) is 0 Å². The Bertz CT molecular complexity index is 1410. The third-order valence-corrected chi connectivity index (χ3v) is 6.76. The van der Waals surface area contributed by atoms with Crippen LogP contribution in [-0.4, -0.2) is 22.8 Å². The molecule has 0 unspecified atom stereocenters. The van der Waals surface area contributed by atoms with E-state index in [-0.39, 0.29) is 29.1 Å². The zero-order valence-corrected chi connectivity index (χ0v) is 20.5. The second-order valence-electron chi connectivity index (χ2n) is 10.1. The quantitative estimate of drug-likeness (QED) is 0.457. The highest BCUT2D eigenvalue weighted by atomic mass is 16.4. The number of nitrogens with one attached hydrogen (secondary N) is 1. The number of ketones is 1. The van der Waals surface area contributed by atoms with Gasteiger partial charge in [0.25, 0.3) is 0 Å². The third-order valence-electron chi connectivity index (χ3n) is 6.76. The largest absolute Gasteiger partial charge is 0.478 e. The number of carboxylic acid groups (broad SMARTS) is 1. The average Bonchev–Trinajstić information content (AvgIpc) is 3.27. The minimum atomic E-state index is -1.03. The minimum absolute atomic E-state index is 0.0220. The van der Waals surface area contributed by atoms with Crippen LogP contribution < -0.4 is 10.2 Å². The predicted molar refractivity (Wildman–Crippen MR) is 137 cm³/mol. The van der Waals surface area contributed by atoms with Gasteiger partial charge in [0.1, 0.15) is 17.6 Å². The van der Waals surface area contributed by atoms with Crippen LogP contribution in [0.5, 0.6) is 0 Å². The van der Waals surface area contributed by atoms with Gasteiger partial charge in [-0.05, 0) is 48.2 Å². The van der Waals surface area contributed by atoms with Crippen molar-refractivity contribution in [2.75, 3.05) is 10.2 Å². The van der Waals surface area contributed by atoms with Crippen molar-refractivity contribution < 1.29 is 23.9 Å². The Kier molecular flexibility index (Phi) is 5.79. The SMILES string of the molecule is CCC(=O)N1c2ccccc2NC2=C(C(=O)CC(C)(C)C2)[C@@H]1c1ccc(-c2cccc(C(=O)O)c2)o1. The number of carbonyl (C=O) groups excluding carboxylic acids is 2. The Hall–Kier alpha value is -4.13. The molecule has 184 valence electrons. The Morgan fingerprint density at radius 3 is 2.61 bits per heavy atom. The molecule has 0 spiro atoms. The number of benzene rings is 2. The van der Waals surface area contributed by atoms with Crippen molar-refractivity contribution in [1.82, 2.24) is 0 Å². The van der Waals surface area contributed by atoms with Crippen LogP contribution in [0.25, 0.3) is 11.3 Å². The Balaban J connectivity index is 1.71. The van der Waals surface area contributed by atoms with E-state index < -0.39 is 12.0 Å². The molecule has 0 bridgehead atoms. The summed E-state index contributed by atoms with van der Waals surface area (Å²) in [4.78, 5) is 40.2. The van der Waals surface area contributed by atoms with Crippen molar-refractivity contribution in [1.29, 1.82) is 0 Å². The van der Waals surface area contributed by atoms with Gasteiger partial charge in [-0.25, -0.2) is 4.79 Å². The summed E-state index contributed by atoms with van der Waals surface area (Å²) < 4.78 is 6.29. The van der Waals surface area contributed by atoms with E-state index in [9.17, 15) is 19.5 Å². The van der Waals surface area contributed by atoms with Crippen molar-refractivity contribution >= 4 is 29.0 Å². The van der Waals surface area contributed by atoms with Gasteiger partial charge in [-0.15, -0.1) is 0 Å². The second kappa shape index (κ2) is 8.82. The number of nitrogens with zero attached hydrogens (tertiary/aromatic N) is 1. The molecule has 1 aromatic heterocycles. The van der Waals surface area contributed by atoms with Crippen LogP contribution in [0, 0.1) is 5.41 Å². The van der Waals surface area contributed by atoms with Gasteiger partial charge in [0.2, 0.25) is 5.91 Å². The zero-order valence-electron chi connectivity index (χ0n) is 20.5. The smallest absolute Gasteiger partial charge is 0.335 e. The summed E-state index contributed by atoms with van der Waals surface area (Å²) >= 11 is 0. The summed E-state index contributed by atoms with van der Waals surface area (Å²) in [6.45, 7) is 5.93. The maximum absolute atomic E-state index is 13.6. The second-order valence-corrected chi connectivity index (χ2v) is 10.1. The van der Waals surface area contributed by atoms with E-state index >= 15 is 0 Å². The molecule has 36 heavy (non-hydrogen) atoms. The fraction of sp³-hybridized carbons (Fsp3) is 0.276. The molecular formula is C29H28N2O5. The molecule has 7 heteroatoms. The van der Waals surface area contributed by atoms with Gasteiger partial charge in [0.05, 0.1) is 16.9 Å². The van der Waals surface area contributed by atoms with Crippen molar-refractivity contribution in [3.63, 3.8) is 0 Å². The number of rotatable bonds is 4. The molecule has 1 amide bonds. The fourth-order valence-electron chi connectivity index (χ4n) is 5.16. The van der Waals surface area contributed by atoms with Crippen LogP contribution in [0.15, 0.2) is 76.4 Å². The third kappa shape index (κ3) is 4.11. The first-order valence-electron chi connectivity index (χ1n) is 12.1. The van der Waals surface area contributed by atoms with Crippen molar-refractivity contribution in [2.24, 2.45) is 5.41 Å². The minimum Gasteiger partial charge on any atom is -0.478 e. The molecule has 0 saturated carbocycles. The zero-order chi connectivity index (χ0) is 25.6. The molecule has 0 radical (unpaired) electrons. The molecule has 7 nitrogen and oxygen atoms in total. The van der Waals surface area contributed by atoms with Crippen molar-refractivity contribution in [3.8, 4) is 11.3 Å². The normalized spacial score (nSPS) is 18.7. The summed E-state index contributed by atoms with van der Waals surface area (Å²) in [5, 5.41) is 12.9. The number of furan rings is 1. The molecule has 2 N–H and O–H groups in total. The van der Waals surface area contributed by atoms with Gasteiger partial charge in [-0.3, -0.25) is 14.5 Å². The summed E-state index contributed by atoms with van der Waals surface area (Å²) in [5.41, 5.74) is 3.31. The maximum atomic E-state index is 13.6. The van der Waals surface area contributed by atoms with Gasteiger partial charge < -0.3 is 14.8 Å². The lowest BCUT2D eigenvalue weighted by molar-refractivity contribution is -0.119. The number of carbonyl (C=O) groups is 3. The molecule has 0 fully saturated rings. The number of allylic oxidation sites excluding steroid dienone is 1. The summed E-state index contributed by atoms with van der Waals surface area (Å²) in [6.07, 6.45) is 1.27. The van der Waals surface area contributed by atoms with E-state index in [1.807, 2.05) is 24.3 Å². The molecule has 3 aromatic rings. The first-order chi connectivity index (χ1) is 17.2. The van der Waals surface area contributed by atoms with Crippen LogP contribution in [0.4, 0.5) is 11.4 Å². The van der Waals surface area contributed by atoms with E-state index in [4.69, 9.17) is 4.42 Å². The highest BCUT2D eigenvalue weighted by Gasteiger charge is 2.44. The average molecular weight is 485 g/mol. The lowest BCUT2D eigenvalue weighted by Gasteiger charge is -2.36. The van der Waals surface area contributed by atoms with Crippen molar-refractivity contribution in [2.45, 2.75) is 46.1 Å². The van der Waals surface area contributed by atoms with E-state index in [1.165, 1.54) is 6.07 Å². The van der Waals surface area contributed by atoms with Crippen LogP contribution in [0.3, 0.4) is 0 Å². The van der Waals surface area contributed by atoms with Gasteiger partial charge in [0, 0.05) is 29.7 Å². The molecule has 1 aliphatic heterocycles. The first kappa shape index (κ1) is 23.6. The summed E-state index contributed by atoms with van der Waals surface area (Å²) in [6, 6.07) is 16.8. The molecular weight excluding hydrogens is 456 g/mol. The number of para-hydroxylation sites is 2. The number of Topliss-reactive ketones (excluding diaryl/α,β-unsaturated/α-hetero) is 1. The number of anilines is 2. The standard InChI is InChI=1S/C29H28N2O5/c1-4-25(33)31-21-11-6-5-10-19(21)30-20-15-29(2,3)16-22(32)26(20)27(31)24-13-12-23(36-24)17-8-7-9-18(14-17)28(34)35/h5-14,27,30H,4,15-16H2,1-3H3,(H,34,35)/t27-/m0/s1. The number of hydrogen-bond donors (Lipinski definition) is 2. The molecule has 1 atom stereocenters. The number of hydrogen-bond acceptors (Lipinski definition) is 5. The molecule has 2 aromatic carbocycles. The molecule has 2 aliphatic rings. The van der Waals surface area contributed by atoms with E-state index in [1.54, 1.807) is 42.2 Å². The Labute approximate surface area is 209 Å². The maximum Gasteiger partial charge on any atom is 0.335 e. The highest BCUT2D eigenvalue weighted by molar-refractivity contribution is 6.06. The molecule has 1 aliphatic carbocycles. The van der Waals surface area contributed by atoms with Crippen LogP contribution in [0.1, 0.15) is 62.2 Å². The Morgan fingerprint density at radius 2 is 1.86 bits per heavy atom. The fourth-order valence-corrected chi connectivity index (χ4v) is 5.16. The highest BCUT2D eigenvalue weighted by Crippen LogP contribution is 2.49. The summed E-state index contributed by atoms with van der Waals surface area (Å²) in [7, 11) is 0. The molecule has 2 heterocycles. The molecule has 5 rings (SSSR count). The van der Waals surface area contributed by atoms with Crippen LogP contribution in [-0.2, 0) is 9.59 Å². The predicted octanol–water partition coefficient (Wildman–Crippen LogP) is 6.20. The number of carboxylic acids is 1. The molecule has 0 saturated heterocycles. The van der Waals surface area contributed by atoms with Gasteiger partial charge in [-0.1, -0.05) is 45.0 Å². The van der Waals surface area contributed by atoms with Crippen molar-refractivity contribution in [3.05, 3.63) is 83.3 Å². The number of aromatic carboxylic acids is 1. The summed E-state index contributed by atoms with van der Waals surface area (Å²) in [5.74, 6) is -0.266. The topological polar surface area (TPSA) is 99.9 Å².